The van der Waals surface area contributed by atoms with Crippen LogP contribution >= 0.6 is 11.6 Å². The zero-order valence-corrected chi connectivity index (χ0v) is 12.0. The van der Waals surface area contributed by atoms with Crippen LogP contribution < -0.4 is 5.73 Å². The Kier molecular flexibility index (Phi) is 3.39. The van der Waals surface area contributed by atoms with Crippen LogP contribution in [0.25, 0.3) is 22.5 Å². The largest absolute Gasteiger partial charge is 0.380 e. The summed E-state index contributed by atoms with van der Waals surface area (Å²) in [6.45, 7) is 1.88. The van der Waals surface area contributed by atoms with Gasteiger partial charge in [0.2, 0.25) is 0 Å². The number of benzene rings is 2. The molecule has 1 heterocycles. The standard InChI is InChI=1S/C16H12ClFN2O/c1-9-5-6-13(18)12(7-9)15-14(16(19)20-21-15)10-3-2-4-11(17)8-10/h2-8H,1H3,(H2,19,20). The zero-order chi connectivity index (χ0) is 15.0. The molecule has 0 radical (unpaired) electrons. The van der Waals surface area contributed by atoms with Crippen molar-refractivity contribution in [2.45, 2.75) is 6.92 Å². The Morgan fingerprint density at radius 2 is 2.00 bits per heavy atom. The van der Waals surface area contributed by atoms with E-state index >= 15 is 0 Å². The molecule has 2 N–H and O–H groups in total. The van der Waals surface area contributed by atoms with Gasteiger partial charge in [-0.15, -0.1) is 0 Å². The second kappa shape index (κ2) is 5.22. The van der Waals surface area contributed by atoms with Crippen molar-refractivity contribution in [3.05, 3.63) is 58.9 Å². The van der Waals surface area contributed by atoms with Crippen LogP contribution in [-0.4, -0.2) is 5.16 Å². The van der Waals surface area contributed by atoms with Crippen molar-refractivity contribution in [3.8, 4) is 22.5 Å². The van der Waals surface area contributed by atoms with Crippen LogP contribution in [0.15, 0.2) is 47.0 Å². The lowest BCUT2D eigenvalue weighted by molar-refractivity contribution is 0.433. The summed E-state index contributed by atoms with van der Waals surface area (Å²) in [5, 5.41) is 4.32. The van der Waals surface area contributed by atoms with E-state index in [1.807, 2.05) is 13.0 Å². The molecule has 106 valence electrons. The van der Waals surface area contributed by atoms with E-state index in [0.717, 1.165) is 11.1 Å². The molecule has 0 spiro atoms. The van der Waals surface area contributed by atoms with Crippen molar-refractivity contribution in [1.82, 2.24) is 5.16 Å². The number of halogens is 2. The molecule has 1 aromatic heterocycles. The summed E-state index contributed by atoms with van der Waals surface area (Å²) in [5.41, 5.74) is 8.40. The number of rotatable bonds is 2. The van der Waals surface area contributed by atoms with Gasteiger partial charge in [-0.2, -0.15) is 0 Å². The smallest absolute Gasteiger partial charge is 0.179 e. The Morgan fingerprint density at radius 1 is 1.19 bits per heavy atom. The van der Waals surface area contributed by atoms with Crippen molar-refractivity contribution in [1.29, 1.82) is 0 Å². The van der Waals surface area contributed by atoms with Gasteiger partial charge in [-0.25, -0.2) is 4.39 Å². The molecule has 3 nitrogen and oxygen atoms in total. The van der Waals surface area contributed by atoms with Crippen LogP contribution in [0.2, 0.25) is 5.02 Å². The van der Waals surface area contributed by atoms with E-state index < -0.39 is 0 Å². The van der Waals surface area contributed by atoms with Gasteiger partial charge in [0.1, 0.15) is 5.82 Å². The van der Waals surface area contributed by atoms with E-state index in [2.05, 4.69) is 5.16 Å². The minimum absolute atomic E-state index is 0.202. The Bertz CT molecular complexity index is 814. The molecule has 0 aliphatic heterocycles. The van der Waals surface area contributed by atoms with E-state index in [1.54, 1.807) is 30.3 Å². The van der Waals surface area contributed by atoms with Crippen molar-refractivity contribution in [2.75, 3.05) is 5.73 Å². The first kappa shape index (κ1) is 13.6. The van der Waals surface area contributed by atoms with Gasteiger partial charge in [0.25, 0.3) is 0 Å². The first-order valence-corrected chi connectivity index (χ1v) is 6.71. The molecule has 0 aliphatic rings. The number of hydrogen-bond acceptors (Lipinski definition) is 3. The predicted molar refractivity (Wildman–Crippen MR) is 81.5 cm³/mol. The lowest BCUT2D eigenvalue weighted by atomic mass is 10.00. The Hall–Kier alpha value is -2.33. The van der Waals surface area contributed by atoms with E-state index in [9.17, 15) is 4.39 Å². The van der Waals surface area contributed by atoms with Gasteiger partial charge in [-0.3, -0.25) is 0 Å². The quantitative estimate of drug-likeness (QED) is 0.747. The maximum atomic E-state index is 14.1. The molecule has 2 aromatic carbocycles. The van der Waals surface area contributed by atoms with Crippen LogP contribution in [0.4, 0.5) is 10.2 Å². The molecular weight excluding hydrogens is 291 g/mol. The fraction of sp³-hybridized carbons (Fsp3) is 0.0625. The molecule has 0 saturated heterocycles. The van der Waals surface area contributed by atoms with Crippen LogP contribution in [0.5, 0.6) is 0 Å². The molecular formula is C16H12ClFN2O. The van der Waals surface area contributed by atoms with E-state index in [1.165, 1.54) is 6.07 Å². The summed E-state index contributed by atoms with van der Waals surface area (Å²) >= 11 is 6.00. The highest BCUT2D eigenvalue weighted by Crippen LogP contribution is 2.38. The summed E-state index contributed by atoms with van der Waals surface area (Å²) in [5.74, 6) is 0.115. The molecule has 3 aromatic rings. The lowest BCUT2D eigenvalue weighted by Gasteiger charge is -2.05. The van der Waals surface area contributed by atoms with Crippen LogP contribution in [-0.2, 0) is 0 Å². The number of anilines is 1. The summed E-state index contributed by atoms with van der Waals surface area (Å²) in [4.78, 5) is 0. The third kappa shape index (κ3) is 2.50. The predicted octanol–water partition coefficient (Wildman–Crippen LogP) is 4.69. The van der Waals surface area contributed by atoms with Crippen molar-refractivity contribution in [2.24, 2.45) is 0 Å². The third-order valence-corrected chi connectivity index (χ3v) is 3.43. The highest BCUT2D eigenvalue weighted by Gasteiger charge is 2.20. The molecule has 3 rings (SSSR count). The van der Waals surface area contributed by atoms with Crippen LogP contribution in [0, 0.1) is 12.7 Å². The van der Waals surface area contributed by atoms with Crippen molar-refractivity contribution >= 4 is 17.4 Å². The third-order valence-electron chi connectivity index (χ3n) is 3.20. The summed E-state index contributed by atoms with van der Waals surface area (Å²) in [6, 6.07) is 11.9. The first-order valence-electron chi connectivity index (χ1n) is 6.34. The molecule has 0 fully saturated rings. The fourth-order valence-corrected chi connectivity index (χ4v) is 2.41. The monoisotopic (exact) mass is 302 g/mol. The second-order valence-corrected chi connectivity index (χ2v) is 5.20. The molecule has 21 heavy (non-hydrogen) atoms. The van der Waals surface area contributed by atoms with Crippen molar-refractivity contribution < 1.29 is 8.91 Å². The highest BCUT2D eigenvalue weighted by atomic mass is 35.5. The van der Waals surface area contributed by atoms with E-state index in [-0.39, 0.29) is 11.6 Å². The molecule has 0 amide bonds. The van der Waals surface area contributed by atoms with Gasteiger partial charge in [0, 0.05) is 5.02 Å². The summed E-state index contributed by atoms with van der Waals surface area (Å²) < 4.78 is 19.3. The number of hydrogen-bond donors (Lipinski definition) is 1. The summed E-state index contributed by atoms with van der Waals surface area (Å²) in [6.07, 6.45) is 0. The molecule has 0 unspecified atom stereocenters. The highest BCUT2D eigenvalue weighted by molar-refractivity contribution is 6.30. The van der Waals surface area contributed by atoms with Gasteiger partial charge >= 0.3 is 0 Å². The Labute approximate surface area is 126 Å². The first-order chi connectivity index (χ1) is 10.1. The number of nitrogens with zero attached hydrogens (tertiary/aromatic N) is 1. The van der Waals surface area contributed by atoms with Gasteiger partial charge < -0.3 is 10.3 Å². The number of nitrogen functional groups attached to an aromatic ring is 1. The van der Waals surface area contributed by atoms with Gasteiger partial charge in [-0.1, -0.05) is 40.5 Å². The number of aryl methyl sites for hydroxylation is 1. The normalized spacial score (nSPS) is 10.8. The van der Waals surface area contributed by atoms with E-state index in [4.69, 9.17) is 21.9 Å². The zero-order valence-electron chi connectivity index (χ0n) is 11.2. The van der Waals surface area contributed by atoms with Gasteiger partial charge in [0.05, 0.1) is 11.1 Å². The SMILES string of the molecule is Cc1ccc(F)c(-c2onc(N)c2-c2cccc(Cl)c2)c1. The Balaban J connectivity index is 2.24. The summed E-state index contributed by atoms with van der Waals surface area (Å²) in [7, 11) is 0. The average Bonchev–Trinajstić information content (AvgIpc) is 2.83. The minimum Gasteiger partial charge on any atom is -0.380 e. The maximum Gasteiger partial charge on any atom is 0.179 e. The minimum atomic E-state index is -0.389. The van der Waals surface area contributed by atoms with Crippen molar-refractivity contribution in [3.63, 3.8) is 0 Å². The van der Waals surface area contributed by atoms with Gasteiger partial charge in [-0.05, 0) is 36.8 Å². The molecule has 0 aliphatic carbocycles. The molecule has 0 atom stereocenters. The topological polar surface area (TPSA) is 52.0 Å². The Morgan fingerprint density at radius 3 is 2.76 bits per heavy atom. The van der Waals surface area contributed by atoms with Crippen LogP contribution in [0.1, 0.15) is 5.56 Å². The average molecular weight is 303 g/mol. The molecule has 5 heteroatoms. The number of aromatic nitrogens is 1. The second-order valence-electron chi connectivity index (χ2n) is 4.77. The number of nitrogens with two attached hydrogens (primary N) is 1. The molecule has 0 bridgehead atoms. The van der Waals surface area contributed by atoms with Crippen LogP contribution in [0.3, 0.4) is 0 Å². The maximum absolute atomic E-state index is 14.1. The molecule has 0 saturated carbocycles. The lowest BCUT2D eigenvalue weighted by Crippen LogP contribution is -1.90. The van der Waals surface area contributed by atoms with Gasteiger partial charge in [0.15, 0.2) is 11.6 Å². The van der Waals surface area contributed by atoms with E-state index in [0.29, 0.717) is 21.9 Å². The fourth-order valence-electron chi connectivity index (χ4n) is 2.22.